The number of hydrogen-bond donors (Lipinski definition) is 0. The van der Waals surface area contributed by atoms with Crippen molar-refractivity contribution >= 4 is 8.32 Å². The predicted molar refractivity (Wildman–Crippen MR) is 84.6 cm³/mol. The molecule has 0 bridgehead atoms. The summed E-state index contributed by atoms with van der Waals surface area (Å²) in [6.45, 7) is 11.0. The molecule has 0 amide bonds. The largest absolute Gasteiger partial charge is 0.519 e. The van der Waals surface area contributed by atoms with Crippen molar-refractivity contribution in [3.05, 3.63) is 11.5 Å². The summed E-state index contributed by atoms with van der Waals surface area (Å²) in [5, 5.41) is 0. The summed E-state index contributed by atoms with van der Waals surface area (Å²) in [6, 6.07) is 3.51. The third kappa shape index (κ3) is 4.86. The van der Waals surface area contributed by atoms with E-state index in [0.29, 0.717) is 6.10 Å². The van der Waals surface area contributed by atoms with E-state index < -0.39 is 8.32 Å². The molecule has 1 rings (SSSR count). The lowest BCUT2D eigenvalue weighted by Crippen LogP contribution is -2.36. The Bertz CT molecular complexity index is 277. The van der Waals surface area contributed by atoms with Crippen LogP contribution >= 0.6 is 0 Å². The topological polar surface area (TPSA) is 18.5 Å². The summed E-state index contributed by atoms with van der Waals surface area (Å²) in [6.07, 6.45) is 6.74. The Morgan fingerprint density at radius 3 is 1.89 bits per heavy atom. The molecule has 0 aromatic rings. The highest BCUT2D eigenvalue weighted by Gasteiger charge is 2.33. The lowest BCUT2D eigenvalue weighted by molar-refractivity contribution is 0.0151. The zero-order valence-electron chi connectivity index (χ0n) is 13.6. The van der Waals surface area contributed by atoms with Crippen LogP contribution in [0.3, 0.4) is 0 Å². The molecule has 2 nitrogen and oxygen atoms in total. The lowest BCUT2D eigenvalue weighted by atomic mass is 9.98. The highest BCUT2D eigenvalue weighted by atomic mass is 28.4. The van der Waals surface area contributed by atoms with E-state index >= 15 is 0 Å². The van der Waals surface area contributed by atoms with E-state index in [0.717, 1.165) is 5.95 Å². The molecule has 0 saturated heterocycles. The SMILES string of the molecule is CC[Si](CC)(CC)OC(OC1CCCCC1)=C(C)C. The van der Waals surface area contributed by atoms with Gasteiger partial charge >= 0.3 is 0 Å². The average Bonchev–Trinajstić information content (AvgIpc) is 2.45. The van der Waals surface area contributed by atoms with E-state index in [4.69, 9.17) is 9.16 Å². The average molecular weight is 285 g/mol. The molecule has 0 spiro atoms. The maximum absolute atomic E-state index is 6.45. The van der Waals surface area contributed by atoms with Crippen LogP contribution in [0.1, 0.15) is 66.7 Å². The molecule has 1 fully saturated rings. The molecule has 112 valence electrons. The van der Waals surface area contributed by atoms with Crippen molar-refractivity contribution in [3.63, 3.8) is 0 Å². The fourth-order valence-corrected chi connectivity index (χ4v) is 5.32. The summed E-state index contributed by atoms with van der Waals surface area (Å²) in [5.74, 6) is 0.851. The van der Waals surface area contributed by atoms with Crippen LogP contribution in [0.15, 0.2) is 11.5 Å². The molecule has 0 radical (unpaired) electrons. The van der Waals surface area contributed by atoms with Crippen LogP contribution in [-0.2, 0) is 9.16 Å². The number of hydrogen-bond acceptors (Lipinski definition) is 2. The van der Waals surface area contributed by atoms with Gasteiger partial charge in [0, 0.05) is 5.57 Å². The summed E-state index contributed by atoms with van der Waals surface area (Å²) < 4.78 is 12.7. The minimum absolute atomic E-state index is 0.385. The molecule has 0 aromatic carbocycles. The zero-order chi connectivity index (χ0) is 14.3. The minimum Gasteiger partial charge on any atom is -0.519 e. The Morgan fingerprint density at radius 2 is 1.47 bits per heavy atom. The molecule has 1 saturated carbocycles. The van der Waals surface area contributed by atoms with Gasteiger partial charge in [0.1, 0.15) is 6.10 Å². The van der Waals surface area contributed by atoms with Crippen LogP contribution in [0.2, 0.25) is 18.1 Å². The minimum atomic E-state index is -1.61. The molecule has 0 atom stereocenters. The monoisotopic (exact) mass is 284 g/mol. The van der Waals surface area contributed by atoms with Crippen LogP contribution in [0.5, 0.6) is 0 Å². The van der Waals surface area contributed by atoms with Crippen molar-refractivity contribution in [3.8, 4) is 0 Å². The number of allylic oxidation sites excluding steroid dienone is 1. The van der Waals surface area contributed by atoms with Crippen LogP contribution < -0.4 is 0 Å². The Balaban J connectivity index is 2.70. The second-order valence-electron chi connectivity index (χ2n) is 6.01. The molecular weight excluding hydrogens is 252 g/mol. The molecule has 0 N–H and O–H groups in total. The Morgan fingerprint density at radius 1 is 0.947 bits per heavy atom. The second-order valence-corrected chi connectivity index (χ2v) is 10.7. The first-order chi connectivity index (χ1) is 9.06. The lowest BCUT2D eigenvalue weighted by Gasteiger charge is -2.33. The number of rotatable bonds is 7. The van der Waals surface area contributed by atoms with Gasteiger partial charge in [0.2, 0.25) is 0 Å². The third-order valence-electron chi connectivity index (χ3n) is 4.48. The van der Waals surface area contributed by atoms with E-state index in [2.05, 4.69) is 34.6 Å². The summed E-state index contributed by atoms with van der Waals surface area (Å²) in [5.41, 5.74) is 1.19. The first-order valence-electron chi connectivity index (χ1n) is 8.10. The van der Waals surface area contributed by atoms with Crippen molar-refractivity contribution in [1.29, 1.82) is 0 Å². The fraction of sp³-hybridized carbons (Fsp3) is 0.875. The zero-order valence-corrected chi connectivity index (χ0v) is 14.6. The van der Waals surface area contributed by atoms with Crippen molar-refractivity contribution < 1.29 is 9.16 Å². The van der Waals surface area contributed by atoms with Crippen molar-refractivity contribution in [2.24, 2.45) is 0 Å². The Labute approximate surface area is 120 Å². The number of ether oxygens (including phenoxy) is 1. The second kappa shape index (κ2) is 7.98. The first kappa shape index (κ1) is 16.6. The van der Waals surface area contributed by atoms with E-state index in [9.17, 15) is 0 Å². The maximum atomic E-state index is 6.45. The van der Waals surface area contributed by atoms with E-state index in [-0.39, 0.29) is 0 Å². The van der Waals surface area contributed by atoms with Gasteiger partial charge < -0.3 is 9.16 Å². The van der Waals surface area contributed by atoms with Crippen molar-refractivity contribution in [1.82, 2.24) is 0 Å². The van der Waals surface area contributed by atoms with Crippen molar-refractivity contribution in [2.75, 3.05) is 0 Å². The molecule has 1 aliphatic carbocycles. The Kier molecular flexibility index (Phi) is 6.98. The maximum Gasteiger partial charge on any atom is 0.264 e. The highest BCUT2D eigenvalue weighted by Crippen LogP contribution is 2.29. The van der Waals surface area contributed by atoms with Crippen LogP contribution in [0.4, 0.5) is 0 Å². The standard InChI is InChI=1S/C16H32O2Si/c1-6-19(7-2,8-3)18-16(14(4)5)17-15-12-10-9-11-13-15/h15H,6-13H2,1-5H3. The molecule has 0 aromatic heterocycles. The normalized spacial score (nSPS) is 17.1. The quantitative estimate of drug-likeness (QED) is 0.447. The predicted octanol–water partition coefficient (Wildman–Crippen LogP) is 5.61. The van der Waals surface area contributed by atoms with Gasteiger partial charge in [-0.15, -0.1) is 0 Å². The molecule has 3 heteroatoms. The molecule has 0 heterocycles. The van der Waals surface area contributed by atoms with Crippen LogP contribution in [0.25, 0.3) is 0 Å². The highest BCUT2D eigenvalue weighted by molar-refractivity contribution is 6.73. The molecular formula is C16H32O2Si. The van der Waals surface area contributed by atoms with Gasteiger partial charge in [0.05, 0.1) is 0 Å². The van der Waals surface area contributed by atoms with E-state index in [1.54, 1.807) is 0 Å². The van der Waals surface area contributed by atoms with Crippen molar-refractivity contribution in [2.45, 2.75) is 91.0 Å². The van der Waals surface area contributed by atoms with E-state index in [1.165, 1.54) is 55.8 Å². The Hall–Kier alpha value is -0.443. The third-order valence-corrected chi connectivity index (χ3v) is 8.96. The van der Waals surface area contributed by atoms with E-state index in [1.807, 2.05) is 0 Å². The van der Waals surface area contributed by atoms with Gasteiger partial charge in [-0.25, -0.2) is 0 Å². The van der Waals surface area contributed by atoms with Gasteiger partial charge in [0.25, 0.3) is 14.3 Å². The van der Waals surface area contributed by atoms with Gasteiger partial charge in [-0.2, -0.15) is 0 Å². The summed E-state index contributed by atoms with van der Waals surface area (Å²) in [7, 11) is -1.61. The van der Waals surface area contributed by atoms with Gasteiger partial charge in [0.15, 0.2) is 0 Å². The van der Waals surface area contributed by atoms with Gasteiger partial charge in [-0.05, 0) is 57.7 Å². The first-order valence-corrected chi connectivity index (χ1v) is 10.6. The summed E-state index contributed by atoms with van der Waals surface area (Å²) in [4.78, 5) is 0. The van der Waals surface area contributed by atoms with Gasteiger partial charge in [-0.1, -0.05) is 27.2 Å². The summed E-state index contributed by atoms with van der Waals surface area (Å²) >= 11 is 0. The molecule has 0 unspecified atom stereocenters. The van der Waals surface area contributed by atoms with Crippen LogP contribution in [0, 0.1) is 0 Å². The fourth-order valence-electron chi connectivity index (χ4n) is 2.74. The van der Waals surface area contributed by atoms with Gasteiger partial charge in [-0.3, -0.25) is 0 Å². The molecule has 19 heavy (non-hydrogen) atoms. The molecule has 1 aliphatic rings. The molecule has 0 aliphatic heterocycles. The van der Waals surface area contributed by atoms with Crippen LogP contribution in [-0.4, -0.2) is 14.4 Å². The smallest absolute Gasteiger partial charge is 0.264 e.